The third kappa shape index (κ3) is 2.04. The SMILES string of the molecule is CCOC1C2CCCC2SSC2CCCC21. The molecule has 0 radical (unpaired) electrons. The zero-order chi connectivity index (χ0) is 11.0. The third-order valence-electron chi connectivity index (χ3n) is 4.51. The van der Waals surface area contributed by atoms with Gasteiger partial charge in [0.05, 0.1) is 6.10 Å². The van der Waals surface area contributed by atoms with Crippen LogP contribution in [0.1, 0.15) is 45.4 Å². The fraction of sp³-hybridized carbons (Fsp3) is 1.00. The molecule has 4 atom stereocenters. The highest BCUT2D eigenvalue weighted by molar-refractivity contribution is 8.77. The van der Waals surface area contributed by atoms with Gasteiger partial charge in [-0.1, -0.05) is 34.4 Å². The zero-order valence-electron chi connectivity index (χ0n) is 10.1. The Balaban J connectivity index is 1.80. The Hall–Kier alpha value is 0.660. The van der Waals surface area contributed by atoms with Crippen LogP contribution in [0.3, 0.4) is 0 Å². The molecule has 3 fully saturated rings. The van der Waals surface area contributed by atoms with E-state index in [-0.39, 0.29) is 0 Å². The van der Waals surface area contributed by atoms with Crippen molar-refractivity contribution in [2.75, 3.05) is 6.61 Å². The summed E-state index contributed by atoms with van der Waals surface area (Å²) in [5.41, 5.74) is 0. The zero-order valence-corrected chi connectivity index (χ0v) is 11.7. The van der Waals surface area contributed by atoms with Crippen LogP contribution in [-0.2, 0) is 4.74 Å². The van der Waals surface area contributed by atoms with Gasteiger partial charge >= 0.3 is 0 Å². The van der Waals surface area contributed by atoms with E-state index < -0.39 is 0 Å². The Morgan fingerprint density at radius 3 is 2.00 bits per heavy atom. The standard InChI is InChI=1S/C13H22OS2/c1-2-14-13-9-5-3-7-11(9)15-16-12-8-4-6-10(12)13/h9-13H,2-8H2,1H3. The number of hydrogen-bond acceptors (Lipinski definition) is 3. The highest BCUT2D eigenvalue weighted by atomic mass is 33.1. The average molecular weight is 258 g/mol. The summed E-state index contributed by atoms with van der Waals surface area (Å²) in [6.45, 7) is 3.07. The molecule has 3 aliphatic rings. The topological polar surface area (TPSA) is 9.23 Å². The van der Waals surface area contributed by atoms with Crippen LogP contribution in [-0.4, -0.2) is 23.2 Å². The Morgan fingerprint density at radius 1 is 0.938 bits per heavy atom. The third-order valence-corrected chi connectivity index (χ3v) is 8.11. The monoisotopic (exact) mass is 258 g/mol. The summed E-state index contributed by atoms with van der Waals surface area (Å²) < 4.78 is 6.16. The van der Waals surface area contributed by atoms with E-state index in [4.69, 9.17) is 4.74 Å². The van der Waals surface area contributed by atoms with Crippen molar-refractivity contribution in [3.8, 4) is 0 Å². The predicted molar refractivity (Wildman–Crippen MR) is 72.9 cm³/mol. The normalized spacial score (nSPS) is 47.4. The van der Waals surface area contributed by atoms with Gasteiger partial charge in [0.2, 0.25) is 0 Å². The Labute approximate surface area is 107 Å². The molecule has 3 rings (SSSR count). The fourth-order valence-corrected chi connectivity index (χ4v) is 7.77. The van der Waals surface area contributed by atoms with Gasteiger partial charge in [-0.3, -0.25) is 0 Å². The summed E-state index contributed by atoms with van der Waals surface area (Å²) >= 11 is 0. The summed E-state index contributed by atoms with van der Waals surface area (Å²) in [4.78, 5) is 0. The highest BCUT2D eigenvalue weighted by Gasteiger charge is 2.46. The van der Waals surface area contributed by atoms with Gasteiger partial charge in [-0.25, -0.2) is 0 Å². The van der Waals surface area contributed by atoms with E-state index in [1.165, 1.54) is 38.5 Å². The molecule has 1 heterocycles. The molecule has 16 heavy (non-hydrogen) atoms. The minimum absolute atomic E-state index is 0.590. The predicted octanol–water partition coefficient (Wildman–Crippen LogP) is 4.12. The summed E-state index contributed by atoms with van der Waals surface area (Å²) in [5.74, 6) is 1.73. The lowest BCUT2D eigenvalue weighted by molar-refractivity contribution is -0.0138. The number of rotatable bonds is 2. The average Bonchev–Trinajstić information content (AvgIpc) is 2.91. The highest BCUT2D eigenvalue weighted by Crippen LogP contribution is 2.55. The van der Waals surface area contributed by atoms with Gasteiger partial charge < -0.3 is 4.74 Å². The van der Waals surface area contributed by atoms with Gasteiger partial charge in [-0.2, -0.15) is 0 Å². The first-order chi connectivity index (χ1) is 7.90. The van der Waals surface area contributed by atoms with Crippen molar-refractivity contribution in [3.63, 3.8) is 0 Å². The van der Waals surface area contributed by atoms with Crippen LogP contribution in [0.25, 0.3) is 0 Å². The number of hydrogen-bond donors (Lipinski definition) is 0. The molecule has 1 nitrogen and oxygen atoms in total. The minimum atomic E-state index is 0.590. The maximum absolute atomic E-state index is 6.16. The first kappa shape index (κ1) is 11.7. The fourth-order valence-electron chi connectivity index (χ4n) is 3.80. The van der Waals surface area contributed by atoms with Gasteiger partial charge in [0.15, 0.2) is 0 Å². The number of fused-ring (bicyclic) bond motifs is 2. The van der Waals surface area contributed by atoms with Crippen LogP contribution in [0.4, 0.5) is 0 Å². The largest absolute Gasteiger partial charge is 0.378 e. The molecular formula is C13H22OS2. The molecule has 0 aromatic rings. The van der Waals surface area contributed by atoms with Crippen LogP contribution >= 0.6 is 21.6 Å². The van der Waals surface area contributed by atoms with E-state index in [0.717, 1.165) is 28.9 Å². The second-order valence-electron chi connectivity index (χ2n) is 5.38. The van der Waals surface area contributed by atoms with Crippen LogP contribution < -0.4 is 0 Å². The molecule has 2 aliphatic carbocycles. The van der Waals surface area contributed by atoms with Gasteiger partial charge in [0.1, 0.15) is 0 Å². The Morgan fingerprint density at radius 2 is 1.50 bits per heavy atom. The maximum Gasteiger partial charge on any atom is 0.0653 e. The van der Waals surface area contributed by atoms with E-state index >= 15 is 0 Å². The molecule has 0 N–H and O–H groups in total. The van der Waals surface area contributed by atoms with E-state index in [9.17, 15) is 0 Å². The molecule has 3 heteroatoms. The van der Waals surface area contributed by atoms with E-state index in [2.05, 4.69) is 28.5 Å². The molecule has 92 valence electrons. The summed E-state index contributed by atoms with van der Waals surface area (Å²) in [6, 6.07) is 0. The van der Waals surface area contributed by atoms with Crippen molar-refractivity contribution < 1.29 is 4.74 Å². The molecule has 1 aliphatic heterocycles. The van der Waals surface area contributed by atoms with Gasteiger partial charge in [0, 0.05) is 17.1 Å². The molecule has 4 unspecified atom stereocenters. The Bertz CT molecular complexity index is 224. The van der Waals surface area contributed by atoms with E-state index in [1.807, 2.05) is 0 Å². The van der Waals surface area contributed by atoms with Crippen LogP contribution in [0.15, 0.2) is 0 Å². The van der Waals surface area contributed by atoms with Crippen LogP contribution in [0.2, 0.25) is 0 Å². The van der Waals surface area contributed by atoms with E-state index in [0.29, 0.717) is 6.10 Å². The summed E-state index contributed by atoms with van der Waals surface area (Å²) in [5, 5.41) is 1.79. The van der Waals surface area contributed by atoms with Crippen molar-refractivity contribution in [2.45, 2.75) is 62.1 Å². The van der Waals surface area contributed by atoms with Crippen molar-refractivity contribution in [2.24, 2.45) is 11.8 Å². The van der Waals surface area contributed by atoms with E-state index in [1.54, 1.807) is 0 Å². The lowest BCUT2D eigenvalue weighted by Crippen LogP contribution is -2.35. The second-order valence-corrected chi connectivity index (χ2v) is 8.13. The van der Waals surface area contributed by atoms with Crippen LogP contribution in [0, 0.1) is 11.8 Å². The van der Waals surface area contributed by atoms with Crippen molar-refractivity contribution in [1.29, 1.82) is 0 Å². The first-order valence-corrected chi connectivity index (χ1v) is 9.11. The van der Waals surface area contributed by atoms with Crippen molar-refractivity contribution in [3.05, 3.63) is 0 Å². The molecule has 0 spiro atoms. The molecule has 2 saturated carbocycles. The van der Waals surface area contributed by atoms with Gasteiger partial charge in [-0.05, 0) is 44.4 Å². The first-order valence-electron chi connectivity index (χ1n) is 6.84. The second kappa shape index (κ2) is 5.11. The summed E-state index contributed by atoms with van der Waals surface area (Å²) in [7, 11) is 4.39. The molecule has 0 aromatic carbocycles. The maximum atomic E-state index is 6.16. The quantitative estimate of drug-likeness (QED) is 0.689. The molecule has 0 bridgehead atoms. The molecule has 0 amide bonds. The minimum Gasteiger partial charge on any atom is -0.378 e. The lowest BCUT2D eigenvalue weighted by atomic mass is 9.88. The van der Waals surface area contributed by atoms with Crippen molar-refractivity contribution >= 4 is 21.6 Å². The smallest absolute Gasteiger partial charge is 0.0653 e. The molecule has 1 saturated heterocycles. The van der Waals surface area contributed by atoms with Gasteiger partial charge in [0.25, 0.3) is 0 Å². The molecular weight excluding hydrogens is 236 g/mol. The summed E-state index contributed by atoms with van der Waals surface area (Å²) in [6.07, 6.45) is 9.18. The van der Waals surface area contributed by atoms with Gasteiger partial charge in [-0.15, -0.1) is 0 Å². The molecule has 0 aromatic heterocycles. The number of ether oxygens (including phenoxy) is 1. The van der Waals surface area contributed by atoms with Crippen molar-refractivity contribution in [1.82, 2.24) is 0 Å². The lowest BCUT2D eigenvalue weighted by Gasteiger charge is -2.30. The Kier molecular flexibility index (Phi) is 3.75. The van der Waals surface area contributed by atoms with Crippen LogP contribution in [0.5, 0.6) is 0 Å².